The molecule has 0 spiro atoms. The second-order valence-electron chi connectivity index (χ2n) is 10.6. The Labute approximate surface area is 250 Å². The molecule has 0 radical (unpaired) electrons. The number of carboxylic acid groups (broad SMARTS) is 1. The number of benzene rings is 2. The smallest absolute Gasteiger partial charge is 0.405 e. The van der Waals surface area contributed by atoms with Gasteiger partial charge in [-0.15, -0.1) is 0 Å². The van der Waals surface area contributed by atoms with E-state index < -0.39 is 60.3 Å². The molecular weight excluding hydrogens is 601 g/mol. The SMILES string of the molecule is CC(C)CC(NC(=O)O)C(=O)NCc1ccc(C(=O)Nc2ccc(Cl)cc2N2CCN(CCC(F)(F)F)CC2)c(F)c1F. The van der Waals surface area contributed by atoms with Gasteiger partial charge in [-0.1, -0.05) is 31.5 Å². The molecule has 3 rings (SSSR count). The van der Waals surface area contributed by atoms with Crippen molar-refractivity contribution in [3.05, 3.63) is 58.1 Å². The van der Waals surface area contributed by atoms with E-state index in [0.29, 0.717) is 36.9 Å². The summed E-state index contributed by atoms with van der Waals surface area (Å²) in [6.45, 7) is 4.40. The Morgan fingerprint density at radius 3 is 2.30 bits per heavy atom. The van der Waals surface area contributed by atoms with Crippen molar-refractivity contribution in [3.8, 4) is 0 Å². The molecule has 0 bridgehead atoms. The molecule has 9 nitrogen and oxygen atoms in total. The summed E-state index contributed by atoms with van der Waals surface area (Å²) < 4.78 is 67.7. The number of carbonyl (C=O) groups excluding carboxylic acids is 2. The van der Waals surface area contributed by atoms with Gasteiger partial charge >= 0.3 is 12.3 Å². The summed E-state index contributed by atoms with van der Waals surface area (Å²) in [7, 11) is 0. The Hall–Kier alpha value is -3.65. The largest absolute Gasteiger partial charge is 0.465 e. The standard InChI is InChI=1S/C28H33ClF5N5O4/c1-16(2)13-21(37-27(42)43)26(41)35-15-17-3-5-19(24(31)23(17)30)25(40)36-20-6-4-18(29)14-22(20)39-11-9-38(10-12-39)8-7-28(32,33)34/h3-6,14,16,21,37H,7-13,15H2,1-2H3,(H,35,41)(H,36,40)(H,42,43). The van der Waals surface area contributed by atoms with E-state index in [9.17, 15) is 31.9 Å². The molecule has 1 aliphatic rings. The zero-order valence-corrected chi connectivity index (χ0v) is 24.3. The first-order chi connectivity index (χ1) is 20.1. The lowest BCUT2D eigenvalue weighted by Gasteiger charge is -2.37. The molecule has 1 aliphatic heterocycles. The van der Waals surface area contributed by atoms with Crippen LogP contribution < -0.4 is 20.9 Å². The Morgan fingerprint density at radius 2 is 1.70 bits per heavy atom. The number of alkyl halides is 3. The third-order valence-electron chi connectivity index (χ3n) is 6.81. The lowest BCUT2D eigenvalue weighted by molar-refractivity contribution is -0.138. The van der Waals surface area contributed by atoms with Gasteiger partial charge in [0.15, 0.2) is 11.6 Å². The lowest BCUT2D eigenvalue weighted by atomic mass is 10.0. The number of rotatable bonds is 11. The van der Waals surface area contributed by atoms with Crippen LogP contribution in [0.25, 0.3) is 0 Å². The molecule has 0 aromatic heterocycles. The van der Waals surface area contributed by atoms with Gasteiger partial charge in [-0.25, -0.2) is 13.6 Å². The third kappa shape index (κ3) is 9.95. The van der Waals surface area contributed by atoms with Crippen LogP contribution in [0.5, 0.6) is 0 Å². The summed E-state index contributed by atoms with van der Waals surface area (Å²) in [6.07, 6.45) is -6.38. The van der Waals surface area contributed by atoms with Crippen LogP contribution in [0, 0.1) is 17.6 Å². The summed E-state index contributed by atoms with van der Waals surface area (Å²) in [5, 5.41) is 16.3. The molecule has 43 heavy (non-hydrogen) atoms. The first-order valence-corrected chi connectivity index (χ1v) is 13.9. The Kier molecular flexibility index (Phi) is 11.6. The van der Waals surface area contributed by atoms with Crippen molar-refractivity contribution < 1.29 is 41.4 Å². The topological polar surface area (TPSA) is 114 Å². The number of hydrogen-bond donors (Lipinski definition) is 4. The van der Waals surface area contributed by atoms with Gasteiger partial charge in [0, 0.05) is 49.9 Å². The van der Waals surface area contributed by atoms with Crippen molar-refractivity contribution >= 4 is 40.9 Å². The molecule has 236 valence electrons. The van der Waals surface area contributed by atoms with Gasteiger partial charge in [-0.3, -0.25) is 14.5 Å². The molecule has 1 saturated heterocycles. The number of piperazine rings is 1. The zero-order valence-electron chi connectivity index (χ0n) is 23.5. The molecule has 0 aliphatic carbocycles. The molecule has 1 heterocycles. The molecule has 4 N–H and O–H groups in total. The van der Waals surface area contributed by atoms with E-state index >= 15 is 4.39 Å². The van der Waals surface area contributed by atoms with Gasteiger partial charge < -0.3 is 26.0 Å². The number of nitrogens with zero attached hydrogens (tertiary/aromatic N) is 2. The van der Waals surface area contributed by atoms with Gasteiger partial charge in [0.2, 0.25) is 5.91 Å². The first kappa shape index (κ1) is 33.8. The molecule has 2 aromatic rings. The van der Waals surface area contributed by atoms with E-state index in [-0.39, 0.29) is 30.1 Å². The van der Waals surface area contributed by atoms with Gasteiger partial charge in [-0.2, -0.15) is 13.2 Å². The fraction of sp³-hybridized carbons (Fsp3) is 0.464. The average Bonchev–Trinajstić information content (AvgIpc) is 2.92. The van der Waals surface area contributed by atoms with Crippen LogP contribution in [-0.4, -0.2) is 72.9 Å². The Morgan fingerprint density at radius 1 is 1.02 bits per heavy atom. The molecule has 1 fully saturated rings. The number of anilines is 2. The second kappa shape index (κ2) is 14.7. The van der Waals surface area contributed by atoms with Crippen molar-refractivity contribution in [2.75, 3.05) is 42.9 Å². The molecular formula is C28H33ClF5N5O4. The quantitative estimate of drug-likeness (QED) is 0.252. The molecule has 1 atom stereocenters. The van der Waals surface area contributed by atoms with Gasteiger partial charge in [0.25, 0.3) is 5.91 Å². The van der Waals surface area contributed by atoms with Crippen molar-refractivity contribution in [3.63, 3.8) is 0 Å². The number of amides is 3. The van der Waals surface area contributed by atoms with E-state index in [1.807, 2.05) is 4.90 Å². The fourth-order valence-electron chi connectivity index (χ4n) is 4.62. The number of carbonyl (C=O) groups is 3. The highest BCUT2D eigenvalue weighted by Crippen LogP contribution is 2.31. The molecule has 3 amide bonds. The average molecular weight is 634 g/mol. The summed E-state index contributed by atoms with van der Waals surface area (Å²) in [5.41, 5.74) is -0.133. The normalized spacial score (nSPS) is 14.9. The van der Waals surface area contributed by atoms with Crippen LogP contribution in [0.3, 0.4) is 0 Å². The van der Waals surface area contributed by atoms with Crippen LogP contribution in [0.15, 0.2) is 30.3 Å². The van der Waals surface area contributed by atoms with Crippen LogP contribution in [0.4, 0.5) is 38.1 Å². The monoisotopic (exact) mass is 633 g/mol. The number of nitrogens with one attached hydrogen (secondary N) is 3. The highest BCUT2D eigenvalue weighted by molar-refractivity contribution is 6.31. The predicted molar refractivity (Wildman–Crippen MR) is 151 cm³/mol. The highest BCUT2D eigenvalue weighted by atomic mass is 35.5. The van der Waals surface area contributed by atoms with E-state index in [0.717, 1.165) is 12.1 Å². The maximum Gasteiger partial charge on any atom is 0.405 e. The highest BCUT2D eigenvalue weighted by Gasteiger charge is 2.29. The van der Waals surface area contributed by atoms with Gasteiger partial charge in [0.05, 0.1) is 23.4 Å². The number of halogens is 6. The fourth-order valence-corrected chi connectivity index (χ4v) is 4.78. The Bertz CT molecular complexity index is 1320. The first-order valence-electron chi connectivity index (χ1n) is 13.5. The minimum Gasteiger partial charge on any atom is -0.465 e. The summed E-state index contributed by atoms with van der Waals surface area (Å²) in [4.78, 5) is 40.0. The molecule has 1 unspecified atom stereocenters. The van der Waals surface area contributed by atoms with E-state index in [2.05, 4.69) is 16.0 Å². The molecule has 2 aromatic carbocycles. The number of hydrogen-bond acceptors (Lipinski definition) is 5. The maximum absolute atomic E-state index is 15.0. The summed E-state index contributed by atoms with van der Waals surface area (Å²) in [5.74, 6) is -4.49. The van der Waals surface area contributed by atoms with Crippen LogP contribution in [0.2, 0.25) is 5.02 Å². The lowest BCUT2D eigenvalue weighted by Crippen LogP contribution is -2.47. The minimum absolute atomic E-state index is 0.0244. The van der Waals surface area contributed by atoms with Crippen molar-refractivity contribution in [1.29, 1.82) is 0 Å². The molecule has 15 heteroatoms. The van der Waals surface area contributed by atoms with Gasteiger partial charge in [-0.05, 0) is 36.6 Å². The molecule has 0 saturated carbocycles. The third-order valence-corrected chi connectivity index (χ3v) is 7.05. The van der Waals surface area contributed by atoms with Gasteiger partial charge in [0.1, 0.15) is 6.04 Å². The van der Waals surface area contributed by atoms with Crippen LogP contribution in [-0.2, 0) is 11.3 Å². The van der Waals surface area contributed by atoms with E-state index in [1.54, 1.807) is 24.8 Å². The summed E-state index contributed by atoms with van der Waals surface area (Å²) >= 11 is 6.16. The van der Waals surface area contributed by atoms with E-state index in [4.69, 9.17) is 16.7 Å². The minimum atomic E-state index is -4.25. The summed E-state index contributed by atoms with van der Waals surface area (Å²) in [6, 6.07) is 5.66. The Balaban J connectivity index is 1.69. The van der Waals surface area contributed by atoms with E-state index in [1.165, 1.54) is 12.1 Å². The van der Waals surface area contributed by atoms with Crippen LogP contribution in [0.1, 0.15) is 42.6 Å². The van der Waals surface area contributed by atoms with Crippen molar-refractivity contribution in [2.24, 2.45) is 5.92 Å². The maximum atomic E-state index is 15.0. The second-order valence-corrected chi connectivity index (χ2v) is 11.0. The van der Waals surface area contributed by atoms with Crippen molar-refractivity contribution in [2.45, 2.75) is 45.5 Å². The zero-order chi connectivity index (χ0) is 31.9. The predicted octanol–water partition coefficient (Wildman–Crippen LogP) is 5.24. The van der Waals surface area contributed by atoms with Crippen molar-refractivity contribution in [1.82, 2.24) is 15.5 Å². The van der Waals surface area contributed by atoms with Crippen LogP contribution >= 0.6 is 11.6 Å².